The molecule has 2 N–H and O–H groups in total. The van der Waals surface area contributed by atoms with Gasteiger partial charge in [-0.2, -0.15) is 0 Å². The van der Waals surface area contributed by atoms with E-state index in [-0.39, 0.29) is 11.3 Å². The molecule has 0 radical (unpaired) electrons. The standard InChI is InChI=1S/C20H20N6O4S/c1-13-2-5-15(6-3-13)25-19(24-8-10-30-11-9-24)22-23-20(25)31-17-7-4-14(18(21)27)12-16(17)26(28)29/h2-7,12H,8-11H2,1H3,(H2,21,27). The lowest BCUT2D eigenvalue weighted by atomic mass is 10.2. The molecule has 1 aliphatic rings. The van der Waals surface area contributed by atoms with Crippen LogP contribution in [0.15, 0.2) is 52.5 Å². The van der Waals surface area contributed by atoms with Crippen molar-refractivity contribution in [3.63, 3.8) is 0 Å². The number of nitrogens with zero attached hydrogens (tertiary/aromatic N) is 5. The van der Waals surface area contributed by atoms with Gasteiger partial charge in [-0.05, 0) is 43.0 Å². The van der Waals surface area contributed by atoms with E-state index in [2.05, 4.69) is 15.1 Å². The lowest BCUT2D eigenvalue weighted by Gasteiger charge is -2.28. The van der Waals surface area contributed by atoms with Crippen molar-refractivity contribution in [2.75, 3.05) is 31.2 Å². The van der Waals surface area contributed by atoms with E-state index in [1.807, 2.05) is 35.8 Å². The summed E-state index contributed by atoms with van der Waals surface area (Å²) in [7, 11) is 0. The lowest BCUT2D eigenvalue weighted by Crippen LogP contribution is -2.37. The van der Waals surface area contributed by atoms with Crippen LogP contribution in [-0.2, 0) is 4.74 Å². The second-order valence-electron chi connectivity index (χ2n) is 6.96. The minimum Gasteiger partial charge on any atom is -0.378 e. The van der Waals surface area contributed by atoms with E-state index in [0.29, 0.717) is 42.3 Å². The highest BCUT2D eigenvalue weighted by Gasteiger charge is 2.25. The molecule has 1 saturated heterocycles. The molecular formula is C20H20N6O4S. The molecule has 0 unspecified atom stereocenters. The SMILES string of the molecule is Cc1ccc(-n2c(Sc3ccc(C(N)=O)cc3[N+](=O)[O-])nnc2N2CCOCC2)cc1. The number of aryl methyl sites for hydroxylation is 1. The van der Waals surface area contributed by atoms with Crippen LogP contribution in [0.2, 0.25) is 0 Å². The van der Waals surface area contributed by atoms with Crippen molar-refractivity contribution in [2.45, 2.75) is 17.0 Å². The van der Waals surface area contributed by atoms with Crippen LogP contribution in [0.4, 0.5) is 11.6 Å². The van der Waals surface area contributed by atoms with E-state index in [1.54, 1.807) is 0 Å². The summed E-state index contributed by atoms with van der Waals surface area (Å²) in [6.45, 7) is 4.51. The van der Waals surface area contributed by atoms with Gasteiger partial charge in [0.1, 0.15) is 0 Å². The number of ether oxygens (including phenoxy) is 1. The Morgan fingerprint density at radius 1 is 1.16 bits per heavy atom. The van der Waals surface area contributed by atoms with Gasteiger partial charge in [0.05, 0.1) is 28.7 Å². The number of carbonyl (C=O) groups excluding carboxylic acids is 1. The second-order valence-corrected chi connectivity index (χ2v) is 7.97. The van der Waals surface area contributed by atoms with Gasteiger partial charge in [0.2, 0.25) is 17.0 Å². The Hall–Kier alpha value is -3.44. The molecule has 0 bridgehead atoms. The molecule has 10 nitrogen and oxygen atoms in total. The van der Waals surface area contributed by atoms with Gasteiger partial charge in [0, 0.05) is 24.7 Å². The molecular weight excluding hydrogens is 420 g/mol. The average molecular weight is 440 g/mol. The Morgan fingerprint density at radius 3 is 2.52 bits per heavy atom. The van der Waals surface area contributed by atoms with Crippen LogP contribution < -0.4 is 10.6 Å². The van der Waals surface area contributed by atoms with Crippen molar-refractivity contribution >= 4 is 29.3 Å². The van der Waals surface area contributed by atoms with E-state index >= 15 is 0 Å². The summed E-state index contributed by atoms with van der Waals surface area (Å²) in [5.74, 6) is -0.0804. The number of primary amides is 1. The number of nitro groups is 1. The van der Waals surface area contributed by atoms with Crippen molar-refractivity contribution in [3.8, 4) is 5.69 Å². The molecule has 11 heteroatoms. The Balaban J connectivity index is 1.78. The summed E-state index contributed by atoms with van der Waals surface area (Å²) < 4.78 is 7.32. The summed E-state index contributed by atoms with van der Waals surface area (Å²) in [5, 5.41) is 20.8. The Morgan fingerprint density at radius 2 is 1.87 bits per heavy atom. The monoisotopic (exact) mass is 440 g/mol. The first kappa shape index (κ1) is 20.8. The number of rotatable bonds is 6. The molecule has 1 amide bonds. The normalized spacial score (nSPS) is 13.9. The van der Waals surface area contributed by atoms with Crippen molar-refractivity contribution in [1.82, 2.24) is 14.8 Å². The van der Waals surface area contributed by atoms with Crippen LogP contribution in [0, 0.1) is 17.0 Å². The zero-order valence-corrected chi connectivity index (χ0v) is 17.5. The first-order chi connectivity index (χ1) is 14.9. The average Bonchev–Trinajstić information content (AvgIpc) is 3.18. The van der Waals surface area contributed by atoms with Crippen LogP contribution in [0.5, 0.6) is 0 Å². The van der Waals surface area contributed by atoms with Gasteiger partial charge in [-0.1, -0.05) is 17.7 Å². The number of morpholine rings is 1. The third kappa shape index (κ3) is 4.37. The highest BCUT2D eigenvalue weighted by molar-refractivity contribution is 7.99. The Labute approximate surface area is 182 Å². The summed E-state index contributed by atoms with van der Waals surface area (Å²) in [6.07, 6.45) is 0. The van der Waals surface area contributed by atoms with Crippen LogP contribution >= 0.6 is 11.8 Å². The molecule has 2 aromatic carbocycles. The van der Waals surface area contributed by atoms with E-state index in [1.165, 1.54) is 18.2 Å². The van der Waals surface area contributed by atoms with E-state index in [0.717, 1.165) is 23.0 Å². The fraction of sp³-hybridized carbons (Fsp3) is 0.250. The van der Waals surface area contributed by atoms with Crippen LogP contribution in [0.1, 0.15) is 15.9 Å². The molecule has 3 aromatic rings. The third-order valence-electron chi connectivity index (χ3n) is 4.84. The maximum Gasteiger partial charge on any atom is 0.284 e. The minimum absolute atomic E-state index is 0.0741. The van der Waals surface area contributed by atoms with Crippen molar-refractivity contribution < 1.29 is 14.5 Å². The number of nitro benzene ring substituents is 1. The number of anilines is 1. The number of aromatic nitrogens is 3. The second kappa shape index (κ2) is 8.74. The zero-order valence-electron chi connectivity index (χ0n) is 16.7. The molecule has 2 heterocycles. The molecule has 0 atom stereocenters. The van der Waals surface area contributed by atoms with Gasteiger partial charge < -0.3 is 15.4 Å². The lowest BCUT2D eigenvalue weighted by molar-refractivity contribution is -0.387. The summed E-state index contributed by atoms with van der Waals surface area (Å²) in [5.41, 5.74) is 7.08. The van der Waals surface area contributed by atoms with Crippen LogP contribution in [0.25, 0.3) is 5.69 Å². The molecule has 1 fully saturated rings. The predicted octanol–water partition coefficient (Wildman–Crippen LogP) is 2.57. The highest BCUT2D eigenvalue weighted by atomic mass is 32.2. The molecule has 4 rings (SSSR count). The van der Waals surface area contributed by atoms with Gasteiger partial charge in [-0.3, -0.25) is 19.5 Å². The minimum atomic E-state index is -0.725. The van der Waals surface area contributed by atoms with Gasteiger partial charge in [0.25, 0.3) is 5.69 Å². The van der Waals surface area contributed by atoms with Gasteiger partial charge in [0.15, 0.2) is 0 Å². The first-order valence-corrected chi connectivity index (χ1v) is 10.4. The fourth-order valence-electron chi connectivity index (χ4n) is 3.21. The zero-order chi connectivity index (χ0) is 22.0. The molecule has 1 aromatic heterocycles. The predicted molar refractivity (Wildman–Crippen MR) is 115 cm³/mol. The van der Waals surface area contributed by atoms with E-state index in [4.69, 9.17) is 10.5 Å². The molecule has 160 valence electrons. The summed E-state index contributed by atoms with van der Waals surface area (Å²) in [4.78, 5) is 24.9. The smallest absolute Gasteiger partial charge is 0.284 e. The Bertz CT molecular complexity index is 1130. The number of amides is 1. The van der Waals surface area contributed by atoms with Gasteiger partial charge in [-0.15, -0.1) is 10.2 Å². The van der Waals surface area contributed by atoms with Gasteiger partial charge in [-0.25, -0.2) is 0 Å². The fourth-order valence-corrected chi connectivity index (χ4v) is 4.15. The van der Waals surface area contributed by atoms with Crippen molar-refractivity contribution in [2.24, 2.45) is 5.73 Å². The van der Waals surface area contributed by atoms with Crippen LogP contribution in [-0.4, -0.2) is 51.9 Å². The summed E-state index contributed by atoms with van der Waals surface area (Å²) >= 11 is 1.11. The van der Waals surface area contributed by atoms with Crippen LogP contribution in [0.3, 0.4) is 0 Å². The van der Waals surface area contributed by atoms with E-state index in [9.17, 15) is 14.9 Å². The Kier molecular flexibility index (Phi) is 5.87. The van der Waals surface area contributed by atoms with Crippen molar-refractivity contribution in [1.29, 1.82) is 0 Å². The first-order valence-electron chi connectivity index (χ1n) is 9.55. The number of benzene rings is 2. The summed E-state index contributed by atoms with van der Waals surface area (Å²) in [6, 6.07) is 12.0. The number of nitrogens with two attached hydrogens (primary N) is 1. The number of carbonyl (C=O) groups is 1. The maximum atomic E-state index is 11.6. The van der Waals surface area contributed by atoms with E-state index < -0.39 is 10.8 Å². The highest BCUT2D eigenvalue weighted by Crippen LogP contribution is 2.37. The largest absolute Gasteiger partial charge is 0.378 e. The molecule has 0 spiro atoms. The molecule has 1 aliphatic heterocycles. The van der Waals surface area contributed by atoms with Gasteiger partial charge >= 0.3 is 0 Å². The number of hydrogen-bond donors (Lipinski definition) is 1. The topological polar surface area (TPSA) is 129 Å². The molecule has 31 heavy (non-hydrogen) atoms. The molecule has 0 saturated carbocycles. The van der Waals surface area contributed by atoms with Crippen molar-refractivity contribution in [3.05, 3.63) is 63.7 Å². The quantitative estimate of drug-likeness (QED) is 0.457. The number of hydrogen-bond acceptors (Lipinski definition) is 8. The third-order valence-corrected chi connectivity index (χ3v) is 5.86. The molecule has 0 aliphatic carbocycles. The maximum absolute atomic E-state index is 11.6.